The largest absolute Gasteiger partial charge is 0.306 e. The van der Waals surface area contributed by atoms with E-state index in [0.29, 0.717) is 24.2 Å². The highest BCUT2D eigenvalue weighted by Crippen LogP contribution is 2.32. The van der Waals surface area contributed by atoms with Crippen molar-refractivity contribution in [2.75, 3.05) is 11.4 Å². The maximum atomic E-state index is 13.9. The lowest BCUT2D eigenvalue weighted by molar-refractivity contribution is 0.0976. The summed E-state index contributed by atoms with van der Waals surface area (Å²) in [6.07, 6.45) is 4.89. The number of rotatable bonds is 4. The highest BCUT2D eigenvalue weighted by molar-refractivity contribution is 6.06. The normalized spacial score (nSPS) is 14.0. The van der Waals surface area contributed by atoms with Gasteiger partial charge in [-0.15, -0.1) is 0 Å². The summed E-state index contributed by atoms with van der Waals surface area (Å²) in [5, 5.41) is 0. The van der Waals surface area contributed by atoms with Gasteiger partial charge in [0.15, 0.2) is 11.6 Å². The van der Waals surface area contributed by atoms with Gasteiger partial charge in [-0.3, -0.25) is 9.78 Å². The summed E-state index contributed by atoms with van der Waals surface area (Å²) < 4.78 is 41.0. The van der Waals surface area contributed by atoms with E-state index in [1.54, 1.807) is 12.1 Å². The number of nitrogens with zero attached hydrogens (tertiary/aromatic N) is 2. The first-order valence-corrected chi connectivity index (χ1v) is 6.93. The van der Waals surface area contributed by atoms with Crippen molar-refractivity contribution in [1.82, 2.24) is 4.98 Å². The van der Waals surface area contributed by atoms with Crippen LogP contribution in [0.15, 0.2) is 36.7 Å². The molecule has 0 atom stereocenters. The van der Waals surface area contributed by atoms with Crippen molar-refractivity contribution < 1.29 is 18.0 Å². The average Bonchev–Trinajstić information content (AvgIpc) is 3.34. The van der Waals surface area contributed by atoms with Crippen LogP contribution in [0.4, 0.5) is 18.9 Å². The summed E-state index contributed by atoms with van der Waals surface area (Å²) >= 11 is 0. The molecule has 3 nitrogen and oxygen atoms in total. The standard InChI is InChI=1S/C16H13F3N2O/c17-12-5-6-13(18)15(19)14(12)16(22)21(9-10-3-4-10)11-2-1-7-20-8-11/h1-2,5-8,10H,3-4,9H2. The Morgan fingerprint density at radius 1 is 1.18 bits per heavy atom. The third-order valence-corrected chi connectivity index (χ3v) is 3.60. The van der Waals surface area contributed by atoms with Crippen molar-refractivity contribution in [3.8, 4) is 0 Å². The van der Waals surface area contributed by atoms with Gasteiger partial charge in [0.05, 0.1) is 11.9 Å². The molecule has 0 spiro atoms. The molecule has 0 aliphatic heterocycles. The van der Waals surface area contributed by atoms with E-state index in [1.807, 2.05) is 0 Å². The summed E-state index contributed by atoms with van der Waals surface area (Å²) in [7, 11) is 0. The maximum absolute atomic E-state index is 13.9. The Kier molecular flexibility index (Phi) is 3.83. The second kappa shape index (κ2) is 5.79. The Labute approximate surface area is 125 Å². The van der Waals surface area contributed by atoms with Gasteiger partial charge in [0.1, 0.15) is 11.4 Å². The van der Waals surface area contributed by atoms with Crippen molar-refractivity contribution >= 4 is 11.6 Å². The predicted molar refractivity (Wildman–Crippen MR) is 75.0 cm³/mol. The fourth-order valence-corrected chi connectivity index (χ4v) is 2.24. The van der Waals surface area contributed by atoms with Gasteiger partial charge < -0.3 is 4.90 Å². The van der Waals surface area contributed by atoms with E-state index < -0.39 is 28.9 Å². The maximum Gasteiger partial charge on any atom is 0.264 e. The molecule has 1 amide bonds. The molecule has 0 unspecified atom stereocenters. The van der Waals surface area contributed by atoms with Gasteiger partial charge in [-0.2, -0.15) is 0 Å². The zero-order valence-corrected chi connectivity index (χ0v) is 11.6. The van der Waals surface area contributed by atoms with Gasteiger partial charge in [-0.1, -0.05) is 0 Å². The van der Waals surface area contributed by atoms with Crippen LogP contribution in [0, 0.1) is 23.4 Å². The topological polar surface area (TPSA) is 33.2 Å². The minimum Gasteiger partial charge on any atom is -0.306 e. The number of amides is 1. The molecule has 0 saturated heterocycles. The Hall–Kier alpha value is -2.37. The summed E-state index contributed by atoms with van der Waals surface area (Å²) in [5.41, 5.74) is -0.438. The molecule has 0 bridgehead atoms. The van der Waals surface area contributed by atoms with Crippen LogP contribution >= 0.6 is 0 Å². The third-order valence-electron chi connectivity index (χ3n) is 3.60. The molecule has 1 heterocycles. The van der Waals surface area contributed by atoms with Gasteiger partial charge in [-0.25, -0.2) is 13.2 Å². The summed E-state index contributed by atoms with van der Waals surface area (Å²) in [5.74, 6) is -4.39. The molecule has 0 radical (unpaired) electrons. The summed E-state index contributed by atoms with van der Waals surface area (Å²) in [4.78, 5) is 17.7. The zero-order chi connectivity index (χ0) is 15.7. The lowest BCUT2D eigenvalue weighted by Gasteiger charge is -2.23. The molecular formula is C16H13F3N2O. The molecule has 0 N–H and O–H groups in total. The Bertz CT molecular complexity index is 702. The van der Waals surface area contributed by atoms with E-state index in [0.717, 1.165) is 18.9 Å². The van der Waals surface area contributed by atoms with Crippen LogP contribution < -0.4 is 4.90 Å². The number of hydrogen-bond acceptors (Lipinski definition) is 2. The Morgan fingerprint density at radius 3 is 2.55 bits per heavy atom. The Morgan fingerprint density at radius 2 is 1.91 bits per heavy atom. The molecule has 22 heavy (non-hydrogen) atoms. The van der Waals surface area contributed by atoms with Crippen LogP contribution in [0.2, 0.25) is 0 Å². The molecule has 1 saturated carbocycles. The van der Waals surface area contributed by atoms with Gasteiger partial charge in [-0.05, 0) is 43.0 Å². The van der Waals surface area contributed by atoms with E-state index in [2.05, 4.69) is 4.98 Å². The van der Waals surface area contributed by atoms with E-state index in [-0.39, 0.29) is 0 Å². The summed E-state index contributed by atoms with van der Waals surface area (Å²) in [6.45, 7) is 0.333. The van der Waals surface area contributed by atoms with Gasteiger partial charge in [0.2, 0.25) is 0 Å². The monoisotopic (exact) mass is 306 g/mol. The molecule has 6 heteroatoms. The predicted octanol–water partition coefficient (Wildman–Crippen LogP) is 3.56. The Balaban J connectivity index is 2.01. The average molecular weight is 306 g/mol. The number of benzene rings is 1. The first-order valence-electron chi connectivity index (χ1n) is 6.93. The first kappa shape index (κ1) is 14.6. The lowest BCUT2D eigenvalue weighted by Crippen LogP contribution is -2.34. The number of carbonyl (C=O) groups is 1. The van der Waals surface area contributed by atoms with Crippen molar-refractivity contribution in [3.63, 3.8) is 0 Å². The van der Waals surface area contributed by atoms with E-state index >= 15 is 0 Å². The minimum absolute atomic E-state index is 0.295. The number of anilines is 1. The third kappa shape index (κ3) is 2.81. The van der Waals surface area contributed by atoms with E-state index in [4.69, 9.17) is 0 Å². The molecule has 1 fully saturated rings. The van der Waals surface area contributed by atoms with Crippen LogP contribution in [0.5, 0.6) is 0 Å². The van der Waals surface area contributed by atoms with Crippen LogP contribution in [0.25, 0.3) is 0 Å². The number of halogens is 3. The molecular weight excluding hydrogens is 293 g/mol. The number of pyridine rings is 1. The van der Waals surface area contributed by atoms with Crippen molar-refractivity contribution in [1.29, 1.82) is 0 Å². The fourth-order valence-electron chi connectivity index (χ4n) is 2.24. The van der Waals surface area contributed by atoms with Gasteiger partial charge >= 0.3 is 0 Å². The lowest BCUT2D eigenvalue weighted by atomic mass is 10.1. The number of aromatic nitrogens is 1. The highest BCUT2D eigenvalue weighted by Gasteiger charge is 2.31. The highest BCUT2D eigenvalue weighted by atomic mass is 19.2. The van der Waals surface area contributed by atoms with E-state index in [9.17, 15) is 18.0 Å². The molecule has 1 aromatic heterocycles. The number of hydrogen-bond donors (Lipinski definition) is 0. The quantitative estimate of drug-likeness (QED) is 0.809. The van der Waals surface area contributed by atoms with E-state index in [1.165, 1.54) is 17.3 Å². The summed E-state index contributed by atoms with van der Waals surface area (Å²) in [6, 6.07) is 4.67. The first-order chi connectivity index (χ1) is 10.6. The smallest absolute Gasteiger partial charge is 0.264 e. The molecule has 114 valence electrons. The zero-order valence-electron chi connectivity index (χ0n) is 11.6. The van der Waals surface area contributed by atoms with Crippen molar-refractivity contribution in [2.24, 2.45) is 5.92 Å². The molecule has 3 rings (SSSR count). The van der Waals surface area contributed by atoms with Crippen LogP contribution in [0.3, 0.4) is 0 Å². The van der Waals surface area contributed by atoms with Gasteiger partial charge in [0.25, 0.3) is 5.91 Å². The minimum atomic E-state index is -1.46. The number of carbonyl (C=O) groups excluding carboxylic acids is 1. The molecule has 2 aromatic rings. The second-order valence-electron chi connectivity index (χ2n) is 5.29. The van der Waals surface area contributed by atoms with Crippen LogP contribution in [-0.4, -0.2) is 17.4 Å². The second-order valence-corrected chi connectivity index (χ2v) is 5.29. The van der Waals surface area contributed by atoms with Crippen molar-refractivity contribution in [2.45, 2.75) is 12.8 Å². The van der Waals surface area contributed by atoms with Crippen molar-refractivity contribution in [3.05, 3.63) is 59.7 Å². The van der Waals surface area contributed by atoms with Crippen LogP contribution in [0.1, 0.15) is 23.2 Å². The molecule has 1 aromatic carbocycles. The fraction of sp³-hybridized carbons (Fsp3) is 0.250. The molecule has 1 aliphatic carbocycles. The molecule has 1 aliphatic rings. The SMILES string of the molecule is O=C(c1c(F)ccc(F)c1F)N(CC1CC1)c1cccnc1. The van der Waals surface area contributed by atoms with Gasteiger partial charge in [0, 0.05) is 12.7 Å². The van der Waals surface area contributed by atoms with Crippen LogP contribution in [-0.2, 0) is 0 Å².